The van der Waals surface area contributed by atoms with Crippen molar-refractivity contribution in [3.05, 3.63) is 16.1 Å². The first-order chi connectivity index (χ1) is 12.0. The van der Waals surface area contributed by atoms with Crippen LogP contribution in [0.2, 0.25) is 0 Å². The molecule has 152 valence electrons. The Kier molecular flexibility index (Phi) is 14.8. The fourth-order valence-corrected chi connectivity index (χ4v) is 2.24. The third-order valence-corrected chi connectivity index (χ3v) is 3.27. The van der Waals surface area contributed by atoms with Gasteiger partial charge in [0.05, 0.1) is 5.01 Å². The van der Waals surface area contributed by atoms with Crippen molar-refractivity contribution in [1.29, 1.82) is 0 Å². The van der Waals surface area contributed by atoms with Crippen molar-refractivity contribution in [3.8, 4) is 0 Å². The highest BCUT2D eigenvalue weighted by molar-refractivity contribution is 7.09. The topological polar surface area (TPSA) is 100.0 Å². The molecule has 0 aliphatic carbocycles. The minimum atomic E-state index is -1.02. The molecule has 0 fully saturated rings. The average Bonchev–Trinajstić information content (AvgIpc) is 2.96. The Labute approximate surface area is 161 Å². The van der Waals surface area contributed by atoms with Crippen molar-refractivity contribution < 1.29 is 24.5 Å². The molecule has 0 saturated carbocycles. The zero-order chi connectivity index (χ0) is 20.8. The number of ether oxygens (including phenoxy) is 1. The number of aromatic nitrogens is 1. The van der Waals surface area contributed by atoms with Crippen LogP contribution in [0.1, 0.15) is 69.9 Å². The van der Waals surface area contributed by atoms with E-state index in [9.17, 15) is 9.59 Å². The number of hydrogen-bond donors (Lipinski definition) is 2. The first-order valence-corrected chi connectivity index (χ1v) is 9.62. The Bertz CT molecular complexity index is 510. The lowest BCUT2D eigenvalue weighted by atomic mass is 10.2. The molecule has 1 heterocycles. The minimum absolute atomic E-state index is 0.0745. The standard InChI is InChI=1S/C13H20N2O4S.C3H8.C2H6O/c1-13(2,3)19-12(18)15(4)7-5-6-10-14-9(8-20-10)11(16)17;1-3-2;1-2-3/h8H,5-7H2,1-4H3,(H,16,17);3H2,1-2H3;3H,2H2,1H3. The van der Waals surface area contributed by atoms with Crippen LogP contribution in [0.3, 0.4) is 0 Å². The van der Waals surface area contributed by atoms with E-state index in [0.29, 0.717) is 19.4 Å². The summed E-state index contributed by atoms with van der Waals surface area (Å²) < 4.78 is 5.23. The normalized spacial score (nSPS) is 10.0. The van der Waals surface area contributed by atoms with Gasteiger partial charge in [-0.15, -0.1) is 11.3 Å². The van der Waals surface area contributed by atoms with Gasteiger partial charge >= 0.3 is 12.1 Å². The predicted molar refractivity (Wildman–Crippen MR) is 105 cm³/mol. The number of aliphatic hydroxyl groups is 1. The van der Waals surface area contributed by atoms with Gasteiger partial charge in [-0.05, 0) is 34.1 Å². The van der Waals surface area contributed by atoms with Gasteiger partial charge in [-0.1, -0.05) is 20.3 Å². The zero-order valence-electron chi connectivity index (χ0n) is 17.0. The molecular formula is C18H34N2O5S. The van der Waals surface area contributed by atoms with Gasteiger partial charge in [0.25, 0.3) is 0 Å². The van der Waals surface area contributed by atoms with Crippen LogP contribution in [0, 0.1) is 0 Å². The second-order valence-electron chi connectivity index (χ2n) is 6.46. The van der Waals surface area contributed by atoms with Crippen LogP contribution in [-0.4, -0.2) is 58.0 Å². The summed E-state index contributed by atoms with van der Waals surface area (Å²) in [5, 5.41) is 18.6. The number of amides is 1. The highest BCUT2D eigenvalue weighted by atomic mass is 32.1. The Morgan fingerprint density at radius 2 is 1.77 bits per heavy atom. The molecule has 0 atom stereocenters. The van der Waals surface area contributed by atoms with E-state index >= 15 is 0 Å². The van der Waals surface area contributed by atoms with E-state index in [0.717, 1.165) is 5.01 Å². The van der Waals surface area contributed by atoms with E-state index in [4.69, 9.17) is 14.9 Å². The van der Waals surface area contributed by atoms with Crippen LogP contribution in [-0.2, 0) is 11.2 Å². The number of carbonyl (C=O) groups is 2. The van der Waals surface area contributed by atoms with E-state index in [2.05, 4.69) is 18.8 Å². The summed E-state index contributed by atoms with van der Waals surface area (Å²) in [6, 6.07) is 0. The van der Waals surface area contributed by atoms with Gasteiger partial charge in [-0.3, -0.25) is 0 Å². The lowest BCUT2D eigenvalue weighted by Crippen LogP contribution is -2.34. The Balaban J connectivity index is 0. The number of carbonyl (C=O) groups excluding carboxylic acids is 1. The molecule has 2 N–H and O–H groups in total. The molecule has 0 radical (unpaired) electrons. The molecule has 0 saturated heterocycles. The summed E-state index contributed by atoms with van der Waals surface area (Å²) in [6.07, 6.45) is 2.25. The summed E-state index contributed by atoms with van der Waals surface area (Å²) in [6.45, 7) is 12.2. The Morgan fingerprint density at radius 3 is 2.15 bits per heavy atom. The van der Waals surface area contributed by atoms with Gasteiger partial charge in [0.1, 0.15) is 5.60 Å². The molecular weight excluding hydrogens is 356 g/mol. The molecule has 7 nitrogen and oxygen atoms in total. The van der Waals surface area contributed by atoms with Crippen molar-refractivity contribution in [1.82, 2.24) is 9.88 Å². The number of aryl methyl sites for hydroxylation is 1. The SMILES string of the molecule is CCC.CCO.CN(CCCc1nc(C(=O)O)cs1)C(=O)OC(C)(C)C. The predicted octanol–water partition coefficient (Wildman–Crippen LogP) is 4.06. The second-order valence-corrected chi connectivity index (χ2v) is 7.40. The summed E-state index contributed by atoms with van der Waals surface area (Å²) in [4.78, 5) is 27.9. The largest absolute Gasteiger partial charge is 0.476 e. The van der Waals surface area contributed by atoms with Crippen LogP contribution in [0.4, 0.5) is 4.79 Å². The number of rotatable bonds is 5. The summed E-state index contributed by atoms with van der Waals surface area (Å²) in [5.74, 6) is -1.02. The van der Waals surface area contributed by atoms with Crippen LogP contribution < -0.4 is 0 Å². The van der Waals surface area contributed by atoms with Crippen molar-refractivity contribution in [2.75, 3.05) is 20.2 Å². The zero-order valence-corrected chi connectivity index (χ0v) is 17.9. The van der Waals surface area contributed by atoms with E-state index < -0.39 is 11.6 Å². The molecule has 1 aromatic heterocycles. The molecule has 0 aliphatic heterocycles. The number of thiazole rings is 1. The number of aliphatic hydroxyl groups excluding tert-OH is 1. The quantitative estimate of drug-likeness (QED) is 0.786. The minimum Gasteiger partial charge on any atom is -0.476 e. The highest BCUT2D eigenvalue weighted by Gasteiger charge is 2.19. The maximum Gasteiger partial charge on any atom is 0.410 e. The summed E-state index contributed by atoms with van der Waals surface area (Å²) in [7, 11) is 1.68. The van der Waals surface area contributed by atoms with Gasteiger partial charge in [-0.2, -0.15) is 0 Å². The van der Waals surface area contributed by atoms with Gasteiger partial charge in [0.2, 0.25) is 0 Å². The number of carboxylic acid groups (broad SMARTS) is 1. The molecule has 1 amide bonds. The molecule has 0 bridgehead atoms. The van der Waals surface area contributed by atoms with Crippen molar-refractivity contribution in [2.45, 2.75) is 66.4 Å². The molecule has 1 aromatic rings. The molecule has 0 spiro atoms. The monoisotopic (exact) mass is 390 g/mol. The fraction of sp³-hybridized carbons (Fsp3) is 0.722. The third kappa shape index (κ3) is 14.7. The lowest BCUT2D eigenvalue weighted by Gasteiger charge is -2.24. The maximum absolute atomic E-state index is 11.7. The number of carboxylic acids is 1. The van der Waals surface area contributed by atoms with Crippen molar-refractivity contribution >= 4 is 23.4 Å². The number of hydrogen-bond acceptors (Lipinski definition) is 6. The third-order valence-electron chi connectivity index (χ3n) is 2.36. The van der Waals surface area contributed by atoms with Gasteiger partial charge < -0.3 is 19.8 Å². The number of nitrogens with zero attached hydrogens (tertiary/aromatic N) is 2. The molecule has 1 rings (SSSR count). The molecule has 0 aromatic carbocycles. The molecule has 8 heteroatoms. The van der Waals surface area contributed by atoms with E-state index in [1.54, 1.807) is 14.0 Å². The summed E-state index contributed by atoms with van der Waals surface area (Å²) >= 11 is 1.32. The van der Waals surface area contributed by atoms with Crippen LogP contribution in [0.5, 0.6) is 0 Å². The first kappa shape index (κ1) is 26.6. The van der Waals surface area contributed by atoms with Crippen molar-refractivity contribution in [3.63, 3.8) is 0 Å². The highest BCUT2D eigenvalue weighted by Crippen LogP contribution is 2.13. The van der Waals surface area contributed by atoms with Gasteiger partial charge in [0.15, 0.2) is 5.69 Å². The van der Waals surface area contributed by atoms with Crippen LogP contribution in [0.15, 0.2) is 5.38 Å². The fourth-order valence-electron chi connectivity index (χ4n) is 1.42. The second kappa shape index (κ2) is 14.5. The van der Waals surface area contributed by atoms with Crippen molar-refractivity contribution in [2.24, 2.45) is 0 Å². The van der Waals surface area contributed by atoms with Crippen LogP contribution >= 0.6 is 11.3 Å². The van der Waals surface area contributed by atoms with Gasteiger partial charge in [0, 0.05) is 32.0 Å². The Hall–Kier alpha value is -1.67. The van der Waals surface area contributed by atoms with E-state index in [-0.39, 0.29) is 18.4 Å². The summed E-state index contributed by atoms with van der Waals surface area (Å²) in [5.41, 5.74) is -0.428. The maximum atomic E-state index is 11.7. The molecule has 0 unspecified atom stereocenters. The smallest absolute Gasteiger partial charge is 0.410 e. The number of aromatic carboxylic acids is 1. The lowest BCUT2D eigenvalue weighted by molar-refractivity contribution is 0.0297. The first-order valence-electron chi connectivity index (χ1n) is 8.74. The van der Waals surface area contributed by atoms with Gasteiger partial charge in [-0.25, -0.2) is 14.6 Å². The van der Waals surface area contributed by atoms with E-state index in [1.165, 1.54) is 28.0 Å². The molecule has 0 aliphatic rings. The average molecular weight is 391 g/mol. The van der Waals surface area contributed by atoms with E-state index in [1.807, 2.05) is 20.8 Å². The van der Waals surface area contributed by atoms with Crippen LogP contribution in [0.25, 0.3) is 0 Å². The Morgan fingerprint density at radius 1 is 1.27 bits per heavy atom. The molecule has 26 heavy (non-hydrogen) atoms.